The Morgan fingerprint density at radius 3 is 2.76 bits per heavy atom. The summed E-state index contributed by atoms with van der Waals surface area (Å²) in [7, 11) is 0. The predicted molar refractivity (Wildman–Crippen MR) is 69.1 cm³/mol. The second kappa shape index (κ2) is 4.56. The van der Waals surface area contributed by atoms with Crippen molar-refractivity contribution in [2.24, 2.45) is 0 Å². The van der Waals surface area contributed by atoms with Crippen molar-refractivity contribution in [3.05, 3.63) is 29.6 Å². The van der Waals surface area contributed by atoms with Gasteiger partial charge in [-0.15, -0.1) is 11.6 Å². The van der Waals surface area contributed by atoms with Gasteiger partial charge in [0, 0.05) is 38.3 Å². The van der Waals surface area contributed by atoms with E-state index in [4.69, 9.17) is 11.6 Å². The molecule has 1 aliphatic carbocycles. The summed E-state index contributed by atoms with van der Waals surface area (Å²) in [4.78, 5) is 7.16. The summed E-state index contributed by atoms with van der Waals surface area (Å²) in [6.45, 7) is 4.45. The lowest BCUT2D eigenvalue weighted by molar-refractivity contribution is 0.151. The Bertz CT molecular complexity index is 397. The minimum atomic E-state index is 0.226. The monoisotopic (exact) mass is 251 g/mol. The number of piperazine rings is 1. The molecule has 0 bridgehead atoms. The van der Waals surface area contributed by atoms with Gasteiger partial charge in [-0.1, -0.05) is 0 Å². The Morgan fingerprint density at radius 1 is 1.35 bits per heavy atom. The molecule has 0 unspecified atom stereocenters. The number of pyridine rings is 1. The summed E-state index contributed by atoms with van der Waals surface area (Å²) in [5.41, 5.74) is 2.63. The highest BCUT2D eigenvalue weighted by Crippen LogP contribution is 2.50. The van der Waals surface area contributed by atoms with Crippen molar-refractivity contribution in [1.82, 2.24) is 15.2 Å². The van der Waals surface area contributed by atoms with Gasteiger partial charge in [0.2, 0.25) is 0 Å². The van der Waals surface area contributed by atoms with Gasteiger partial charge < -0.3 is 5.32 Å². The van der Waals surface area contributed by atoms with Gasteiger partial charge >= 0.3 is 0 Å². The molecule has 3 nitrogen and oxygen atoms in total. The van der Waals surface area contributed by atoms with Crippen LogP contribution in [0.25, 0.3) is 0 Å². The molecule has 1 aliphatic heterocycles. The molecule has 1 saturated carbocycles. The van der Waals surface area contributed by atoms with E-state index in [1.807, 2.05) is 12.3 Å². The van der Waals surface area contributed by atoms with Gasteiger partial charge in [0.1, 0.15) is 0 Å². The first-order chi connectivity index (χ1) is 8.35. The third-order valence-corrected chi connectivity index (χ3v) is 4.21. The molecule has 0 aromatic carbocycles. The number of halogens is 1. The van der Waals surface area contributed by atoms with Gasteiger partial charge in [0.15, 0.2) is 0 Å². The second-order valence-corrected chi connectivity index (χ2v) is 5.22. The quantitative estimate of drug-likeness (QED) is 0.830. The van der Waals surface area contributed by atoms with E-state index in [0.717, 1.165) is 26.2 Å². The maximum atomic E-state index is 5.90. The van der Waals surface area contributed by atoms with E-state index in [9.17, 15) is 0 Å². The van der Waals surface area contributed by atoms with Crippen LogP contribution in [0.1, 0.15) is 24.1 Å². The number of nitrogens with one attached hydrogen (secondary N) is 1. The Kier molecular flexibility index (Phi) is 3.07. The Hall–Kier alpha value is -0.640. The van der Waals surface area contributed by atoms with Crippen LogP contribution in [0.15, 0.2) is 18.3 Å². The maximum absolute atomic E-state index is 5.90. The van der Waals surface area contributed by atoms with Crippen LogP contribution in [0, 0.1) is 0 Å². The number of hydrogen-bond donors (Lipinski definition) is 1. The van der Waals surface area contributed by atoms with Crippen molar-refractivity contribution < 1.29 is 0 Å². The molecule has 2 heterocycles. The lowest BCUT2D eigenvalue weighted by atomic mass is 10.1. The maximum Gasteiger partial charge on any atom is 0.0636 e. The topological polar surface area (TPSA) is 28.2 Å². The van der Waals surface area contributed by atoms with Crippen LogP contribution in [0.2, 0.25) is 0 Å². The molecule has 1 N–H and O–H groups in total. The van der Waals surface area contributed by atoms with Gasteiger partial charge in [-0.2, -0.15) is 0 Å². The van der Waals surface area contributed by atoms with Crippen LogP contribution in [0.5, 0.6) is 0 Å². The zero-order valence-corrected chi connectivity index (χ0v) is 10.7. The van der Waals surface area contributed by atoms with Gasteiger partial charge in [-0.05, 0) is 30.5 Å². The summed E-state index contributed by atoms with van der Waals surface area (Å²) < 4.78 is 0. The molecule has 0 radical (unpaired) electrons. The fraction of sp³-hybridized carbons (Fsp3) is 0.615. The first kappa shape index (κ1) is 11.5. The second-order valence-electron chi connectivity index (χ2n) is 4.95. The standard InChI is InChI=1S/C13H18ClN3/c14-10-11-1-4-16-12(9-11)13(2-3-13)17-7-5-15-6-8-17/h1,4,9,15H,2-3,5-8,10H2. The fourth-order valence-corrected chi connectivity index (χ4v) is 2.92. The van der Waals surface area contributed by atoms with Gasteiger partial charge in [0.05, 0.1) is 11.2 Å². The van der Waals surface area contributed by atoms with E-state index in [-0.39, 0.29) is 5.54 Å². The molecule has 3 rings (SSSR count). The Balaban J connectivity index is 1.86. The molecule has 4 heteroatoms. The summed E-state index contributed by atoms with van der Waals surface area (Å²) in [6, 6.07) is 4.19. The average Bonchev–Trinajstić information content (AvgIpc) is 3.21. The summed E-state index contributed by atoms with van der Waals surface area (Å²) in [5.74, 6) is 0.577. The molecule has 1 aromatic rings. The SMILES string of the molecule is ClCc1ccnc(C2(N3CCNCC3)CC2)c1. The van der Waals surface area contributed by atoms with Crippen molar-refractivity contribution >= 4 is 11.6 Å². The lowest BCUT2D eigenvalue weighted by Gasteiger charge is -2.35. The van der Waals surface area contributed by atoms with Crippen LogP contribution in [0.4, 0.5) is 0 Å². The zero-order chi connectivity index (χ0) is 11.7. The molecule has 17 heavy (non-hydrogen) atoms. The molecule has 2 fully saturated rings. The molecule has 1 aromatic heterocycles. The Morgan fingerprint density at radius 2 is 2.12 bits per heavy atom. The van der Waals surface area contributed by atoms with Gasteiger partial charge in [0.25, 0.3) is 0 Å². The highest BCUT2D eigenvalue weighted by atomic mass is 35.5. The first-order valence-corrected chi connectivity index (χ1v) is 6.86. The highest BCUT2D eigenvalue weighted by Gasteiger charge is 2.50. The number of nitrogens with zero attached hydrogens (tertiary/aromatic N) is 2. The van der Waals surface area contributed by atoms with E-state index >= 15 is 0 Å². The van der Waals surface area contributed by atoms with Crippen LogP contribution in [-0.2, 0) is 11.4 Å². The van der Waals surface area contributed by atoms with Crippen molar-refractivity contribution in [3.63, 3.8) is 0 Å². The average molecular weight is 252 g/mol. The van der Waals surface area contributed by atoms with Gasteiger partial charge in [-0.3, -0.25) is 9.88 Å². The number of aromatic nitrogens is 1. The molecule has 0 spiro atoms. The van der Waals surface area contributed by atoms with Crippen LogP contribution in [0.3, 0.4) is 0 Å². The Labute approximate surface area is 107 Å². The number of rotatable bonds is 3. The van der Waals surface area contributed by atoms with E-state index in [1.54, 1.807) is 0 Å². The first-order valence-electron chi connectivity index (χ1n) is 6.32. The third kappa shape index (κ3) is 2.07. The molecule has 2 aliphatic rings. The molecule has 92 valence electrons. The van der Waals surface area contributed by atoms with Crippen molar-refractivity contribution in [2.75, 3.05) is 26.2 Å². The predicted octanol–water partition coefficient (Wildman–Crippen LogP) is 1.71. The molecular formula is C13H18ClN3. The fourth-order valence-electron chi connectivity index (χ4n) is 2.76. The highest BCUT2D eigenvalue weighted by molar-refractivity contribution is 6.17. The van der Waals surface area contributed by atoms with Crippen molar-refractivity contribution in [1.29, 1.82) is 0 Å². The molecule has 1 saturated heterocycles. The lowest BCUT2D eigenvalue weighted by Crippen LogP contribution is -2.48. The third-order valence-electron chi connectivity index (χ3n) is 3.90. The molecule has 0 amide bonds. The van der Waals surface area contributed by atoms with Gasteiger partial charge in [-0.25, -0.2) is 0 Å². The smallest absolute Gasteiger partial charge is 0.0636 e. The summed E-state index contributed by atoms with van der Waals surface area (Å²) in [6.07, 6.45) is 4.38. The number of alkyl halides is 1. The largest absolute Gasteiger partial charge is 0.314 e. The van der Waals surface area contributed by atoms with Crippen LogP contribution < -0.4 is 5.32 Å². The normalized spacial score (nSPS) is 23.6. The van der Waals surface area contributed by atoms with Crippen molar-refractivity contribution in [3.8, 4) is 0 Å². The van der Waals surface area contributed by atoms with Crippen LogP contribution >= 0.6 is 11.6 Å². The number of hydrogen-bond acceptors (Lipinski definition) is 3. The van der Waals surface area contributed by atoms with Crippen molar-refractivity contribution in [2.45, 2.75) is 24.3 Å². The molecule has 0 atom stereocenters. The minimum absolute atomic E-state index is 0.226. The minimum Gasteiger partial charge on any atom is -0.314 e. The van der Waals surface area contributed by atoms with E-state index in [1.165, 1.54) is 24.1 Å². The summed E-state index contributed by atoms with van der Waals surface area (Å²) >= 11 is 5.90. The van der Waals surface area contributed by atoms with E-state index in [0.29, 0.717) is 5.88 Å². The van der Waals surface area contributed by atoms with E-state index in [2.05, 4.69) is 21.3 Å². The van der Waals surface area contributed by atoms with Crippen LogP contribution in [-0.4, -0.2) is 36.1 Å². The zero-order valence-electron chi connectivity index (χ0n) is 9.95. The summed E-state index contributed by atoms with van der Waals surface area (Å²) in [5, 5.41) is 3.41. The molecular weight excluding hydrogens is 234 g/mol. The van der Waals surface area contributed by atoms with E-state index < -0.39 is 0 Å².